The Morgan fingerprint density at radius 1 is 1.13 bits per heavy atom. The minimum absolute atomic E-state index is 0.396. The Morgan fingerprint density at radius 3 is 2.35 bits per heavy atom. The van der Waals surface area contributed by atoms with Gasteiger partial charge in [-0.1, -0.05) is 38.4 Å². The van der Waals surface area contributed by atoms with Crippen LogP contribution in [0.4, 0.5) is 5.69 Å². The maximum absolute atomic E-state index is 13.0. The van der Waals surface area contributed by atoms with Crippen LogP contribution in [0.15, 0.2) is 18.2 Å². The van der Waals surface area contributed by atoms with Gasteiger partial charge >= 0.3 is 0 Å². The second kappa shape index (κ2) is 4.67. The maximum Gasteiger partial charge on any atom is 0.239 e. The van der Waals surface area contributed by atoms with E-state index in [2.05, 4.69) is 5.32 Å². The summed E-state index contributed by atoms with van der Waals surface area (Å²) >= 11 is 5.99. The summed E-state index contributed by atoms with van der Waals surface area (Å²) in [7, 11) is 0. The number of anilines is 1. The second-order valence-electron chi connectivity index (χ2n) is 7.43. The molecule has 2 saturated carbocycles. The topological polar surface area (TPSA) is 63.2 Å². The van der Waals surface area contributed by atoms with Crippen molar-refractivity contribution in [2.24, 2.45) is 16.2 Å². The van der Waals surface area contributed by atoms with Gasteiger partial charge in [0.2, 0.25) is 17.5 Å². The third-order valence-corrected chi connectivity index (χ3v) is 6.61. The molecule has 0 saturated heterocycles. The number of fused-ring (bicyclic) bond motifs is 2. The molecule has 5 heteroatoms. The predicted molar refractivity (Wildman–Crippen MR) is 88.4 cm³/mol. The lowest BCUT2D eigenvalue weighted by atomic mass is 9.64. The van der Waals surface area contributed by atoms with Crippen molar-refractivity contribution < 1.29 is 14.4 Å². The van der Waals surface area contributed by atoms with Gasteiger partial charge in [-0.05, 0) is 42.9 Å². The molecule has 1 aromatic carbocycles. The van der Waals surface area contributed by atoms with Gasteiger partial charge in [-0.25, -0.2) is 0 Å². The molecule has 1 aromatic rings. The van der Waals surface area contributed by atoms with Crippen molar-refractivity contribution in [3.8, 4) is 0 Å². The smallest absolute Gasteiger partial charge is 0.239 e. The summed E-state index contributed by atoms with van der Waals surface area (Å²) in [5.41, 5.74) is -1.31. The Bertz CT molecular complexity index is 755. The average Bonchev–Trinajstić information content (AvgIpc) is 2.75. The van der Waals surface area contributed by atoms with Crippen molar-refractivity contribution in [2.75, 3.05) is 5.32 Å². The number of carbonyl (C=O) groups is 3. The quantitative estimate of drug-likeness (QED) is 0.665. The third kappa shape index (κ3) is 1.76. The van der Waals surface area contributed by atoms with E-state index in [0.29, 0.717) is 23.6 Å². The SMILES string of the molecule is Cc1ccc(Cl)cc1NC(=O)[C@]12CC[C@@](C)(C(=O)C1=O)C2(C)C. The van der Waals surface area contributed by atoms with E-state index < -0.39 is 33.7 Å². The van der Waals surface area contributed by atoms with Gasteiger partial charge in [-0.2, -0.15) is 0 Å². The van der Waals surface area contributed by atoms with E-state index in [1.807, 2.05) is 20.8 Å². The average molecular weight is 334 g/mol. The first-order valence-electron chi connectivity index (χ1n) is 7.75. The van der Waals surface area contributed by atoms with E-state index in [1.54, 1.807) is 25.1 Å². The number of halogens is 1. The van der Waals surface area contributed by atoms with Gasteiger partial charge in [0, 0.05) is 16.1 Å². The molecule has 0 unspecified atom stereocenters. The van der Waals surface area contributed by atoms with Gasteiger partial charge in [0.1, 0.15) is 5.41 Å². The van der Waals surface area contributed by atoms with Crippen LogP contribution in [-0.2, 0) is 14.4 Å². The van der Waals surface area contributed by atoms with Crippen LogP contribution in [0.1, 0.15) is 39.2 Å². The summed E-state index contributed by atoms with van der Waals surface area (Å²) in [6, 6.07) is 5.21. The van der Waals surface area contributed by atoms with Gasteiger partial charge in [0.05, 0.1) is 0 Å². The number of aryl methyl sites for hydroxylation is 1. The van der Waals surface area contributed by atoms with Crippen LogP contribution in [0, 0.1) is 23.2 Å². The molecule has 2 aliphatic rings. The molecule has 0 radical (unpaired) electrons. The first kappa shape index (κ1) is 16.2. The van der Waals surface area contributed by atoms with Crippen LogP contribution in [0.5, 0.6) is 0 Å². The molecule has 1 amide bonds. The number of ketones is 2. The molecule has 0 spiro atoms. The van der Waals surface area contributed by atoms with Crippen LogP contribution in [0.25, 0.3) is 0 Å². The fraction of sp³-hybridized carbons (Fsp3) is 0.500. The molecule has 1 N–H and O–H groups in total. The molecule has 2 bridgehead atoms. The number of carbonyl (C=O) groups excluding carboxylic acids is 3. The number of rotatable bonds is 2. The zero-order valence-corrected chi connectivity index (χ0v) is 14.5. The molecule has 2 atom stereocenters. The van der Waals surface area contributed by atoms with Crippen LogP contribution >= 0.6 is 11.6 Å². The van der Waals surface area contributed by atoms with Gasteiger partial charge in [-0.3, -0.25) is 14.4 Å². The first-order chi connectivity index (χ1) is 10.6. The van der Waals surface area contributed by atoms with Gasteiger partial charge in [0.15, 0.2) is 0 Å². The number of hydrogen-bond acceptors (Lipinski definition) is 3. The fourth-order valence-corrected chi connectivity index (χ4v) is 4.40. The van der Waals surface area contributed by atoms with Crippen LogP contribution < -0.4 is 5.32 Å². The number of nitrogens with one attached hydrogen (secondary N) is 1. The Labute approximate surface area is 140 Å². The molecule has 3 rings (SSSR count). The maximum atomic E-state index is 13.0. The zero-order chi connectivity index (χ0) is 17.2. The molecule has 0 aliphatic heterocycles. The molecule has 0 heterocycles. The number of amides is 1. The zero-order valence-electron chi connectivity index (χ0n) is 13.7. The largest absolute Gasteiger partial charge is 0.325 e. The van der Waals surface area contributed by atoms with Crippen molar-refractivity contribution in [1.82, 2.24) is 0 Å². The third-order valence-electron chi connectivity index (χ3n) is 6.38. The van der Waals surface area contributed by atoms with Crippen molar-refractivity contribution in [2.45, 2.75) is 40.5 Å². The summed E-state index contributed by atoms with van der Waals surface area (Å²) in [5, 5.41) is 3.35. The van der Waals surface area contributed by atoms with E-state index in [0.717, 1.165) is 5.56 Å². The van der Waals surface area contributed by atoms with Crippen molar-refractivity contribution in [1.29, 1.82) is 0 Å². The second-order valence-corrected chi connectivity index (χ2v) is 7.87. The predicted octanol–water partition coefficient (Wildman–Crippen LogP) is 3.55. The normalized spacial score (nSPS) is 31.5. The Morgan fingerprint density at radius 2 is 1.78 bits per heavy atom. The molecule has 2 fully saturated rings. The van der Waals surface area contributed by atoms with Crippen LogP contribution in [0.2, 0.25) is 5.02 Å². The standard InChI is InChI=1S/C18H20ClNO3/c1-10-5-6-11(19)9-12(10)20-15(23)18-8-7-17(4,16(18,2)3)13(21)14(18)22/h5-6,9H,7-8H2,1-4H3,(H,20,23)/t17-,18-/m0/s1. The molecular weight excluding hydrogens is 314 g/mol. The summed E-state index contributed by atoms with van der Waals surface area (Å²) in [5.74, 6) is -1.35. The van der Waals surface area contributed by atoms with E-state index in [1.165, 1.54) is 0 Å². The first-order valence-corrected chi connectivity index (χ1v) is 8.12. The minimum atomic E-state index is -1.28. The molecule has 0 aromatic heterocycles. The Balaban J connectivity index is 2.04. The summed E-state index contributed by atoms with van der Waals surface area (Å²) in [6.07, 6.45) is 0.971. The lowest BCUT2D eigenvalue weighted by Gasteiger charge is -2.37. The summed E-state index contributed by atoms with van der Waals surface area (Å²) < 4.78 is 0. The highest BCUT2D eigenvalue weighted by atomic mass is 35.5. The number of Topliss-reactive ketones (excluding diaryl/α,β-unsaturated/α-hetero) is 2. The monoisotopic (exact) mass is 333 g/mol. The highest BCUT2D eigenvalue weighted by Gasteiger charge is 2.77. The molecule has 2 aliphatic carbocycles. The highest BCUT2D eigenvalue weighted by Crippen LogP contribution is 2.69. The summed E-state index contributed by atoms with van der Waals surface area (Å²) in [6.45, 7) is 7.37. The van der Waals surface area contributed by atoms with Gasteiger partial charge < -0.3 is 5.32 Å². The minimum Gasteiger partial charge on any atom is -0.325 e. The van der Waals surface area contributed by atoms with E-state index >= 15 is 0 Å². The lowest BCUT2D eigenvalue weighted by molar-refractivity contribution is -0.147. The molecule has 23 heavy (non-hydrogen) atoms. The Hall–Kier alpha value is -1.68. The Kier molecular flexibility index (Phi) is 3.28. The number of benzene rings is 1. The van der Waals surface area contributed by atoms with Crippen LogP contribution in [-0.4, -0.2) is 17.5 Å². The van der Waals surface area contributed by atoms with E-state index in [4.69, 9.17) is 11.6 Å². The highest BCUT2D eigenvalue weighted by molar-refractivity contribution is 6.49. The van der Waals surface area contributed by atoms with Crippen molar-refractivity contribution >= 4 is 34.8 Å². The van der Waals surface area contributed by atoms with Crippen LogP contribution in [0.3, 0.4) is 0 Å². The lowest BCUT2D eigenvalue weighted by Crippen LogP contribution is -2.47. The fourth-order valence-electron chi connectivity index (χ4n) is 4.23. The van der Waals surface area contributed by atoms with Crippen molar-refractivity contribution in [3.63, 3.8) is 0 Å². The van der Waals surface area contributed by atoms with Crippen molar-refractivity contribution in [3.05, 3.63) is 28.8 Å². The van der Waals surface area contributed by atoms with E-state index in [9.17, 15) is 14.4 Å². The molecule has 122 valence electrons. The number of hydrogen-bond donors (Lipinski definition) is 1. The van der Waals surface area contributed by atoms with E-state index in [-0.39, 0.29) is 0 Å². The molecule has 4 nitrogen and oxygen atoms in total. The summed E-state index contributed by atoms with van der Waals surface area (Å²) in [4.78, 5) is 38.1. The van der Waals surface area contributed by atoms with Gasteiger partial charge in [-0.15, -0.1) is 0 Å². The molecular formula is C18H20ClNO3. The van der Waals surface area contributed by atoms with Gasteiger partial charge in [0.25, 0.3) is 0 Å².